The Bertz CT molecular complexity index is 528. The van der Waals surface area contributed by atoms with Gasteiger partial charge in [0, 0.05) is 16.6 Å². The van der Waals surface area contributed by atoms with Crippen LogP contribution in [0.15, 0.2) is 24.3 Å². The highest BCUT2D eigenvalue weighted by molar-refractivity contribution is 6.30. The van der Waals surface area contributed by atoms with Crippen LogP contribution in [0.1, 0.15) is 24.7 Å². The maximum atomic E-state index is 5.88. The molecule has 88 valence electrons. The fourth-order valence-corrected chi connectivity index (χ4v) is 2.10. The minimum atomic E-state index is 0.428. The van der Waals surface area contributed by atoms with Gasteiger partial charge in [0.15, 0.2) is 5.82 Å². The summed E-state index contributed by atoms with van der Waals surface area (Å²) in [7, 11) is 0. The Kier molecular flexibility index (Phi) is 2.61. The van der Waals surface area contributed by atoms with Crippen molar-refractivity contribution < 1.29 is 0 Å². The molecular formula is C12H13ClN4. The normalized spacial score (nSPS) is 15.2. The lowest BCUT2D eigenvalue weighted by Gasteiger charge is -2.07. The number of nitrogens with zero attached hydrogens (tertiary/aromatic N) is 3. The summed E-state index contributed by atoms with van der Waals surface area (Å²) < 4.78 is 2.16. The lowest BCUT2D eigenvalue weighted by molar-refractivity contribution is 0.688. The molecule has 4 nitrogen and oxygen atoms in total. The van der Waals surface area contributed by atoms with Crippen LogP contribution in [-0.2, 0) is 6.54 Å². The van der Waals surface area contributed by atoms with Gasteiger partial charge >= 0.3 is 0 Å². The Morgan fingerprint density at radius 2 is 1.94 bits per heavy atom. The largest absolute Gasteiger partial charge is 0.324 e. The van der Waals surface area contributed by atoms with Crippen LogP contribution in [0.25, 0.3) is 11.4 Å². The third kappa shape index (κ3) is 1.94. The molecule has 1 saturated carbocycles. The first-order valence-electron chi connectivity index (χ1n) is 5.69. The molecule has 1 aromatic carbocycles. The molecule has 1 aliphatic rings. The zero-order valence-electron chi connectivity index (χ0n) is 9.31. The molecule has 1 fully saturated rings. The highest BCUT2D eigenvalue weighted by Crippen LogP contribution is 2.38. The standard InChI is InChI=1S/C12H13ClN4/c13-9-3-1-8(2-4-9)12-16-15-11(7-14)17(12)10-5-6-10/h1-4,10H,5-7,14H2. The van der Waals surface area contributed by atoms with E-state index in [1.165, 1.54) is 12.8 Å². The maximum absolute atomic E-state index is 5.88. The van der Waals surface area contributed by atoms with Crippen molar-refractivity contribution in [2.75, 3.05) is 0 Å². The van der Waals surface area contributed by atoms with Crippen molar-refractivity contribution in [1.29, 1.82) is 0 Å². The van der Waals surface area contributed by atoms with Crippen LogP contribution in [0.2, 0.25) is 5.02 Å². The molecule has 0 atom stereocenters. The van der Waals surface area contributed by atoms with E-state index < -0.39 is 0 Å². The minimum absolute atomic E-state index is 0.428. The zero-order chi connectivity index (χ0) is 11.8. The number of nitrogens with two attached hydrogens (primary N) is 1. The Balaban J connectivity index is 2.07. The summed E-state index contributed by atoms with van der Waals surface area (Å²) in [6.45, 7) is 0.428. The third-order valence-electron chi connectivity index (χ3n) is 2.96. The lowest BCUT2D eigenvalue weighted by Crippen LogP contribution is -2.08. The van der Waals surface area contributed by atoms with Gasteiger partial charge in [-0.15, -0.1) is 10.2 Å². The van der Waals surface area contributed by atoms with Crippen LogP contribution in [0.5, 0.6) is 0 Å². The molecule has 2 N–H and O–H groups in total. The van der Waals surface area contributed by atoms with Crippen molar-refractivity contribution in [2.24, 2.45) is 5.73 Å². The number of hydrogen-bond acceptors (Lipinski definition) is 3. The Morgan fingerprint density at radius 3 is 2.53 bits per heavy atom. The summed E-state index contributed by atoms with van der Waals surface area (Å²) in [4.78, 5) is 0. The summed E-state index contributed by atoms with van der Waals surface area (Å²) in [5.74, 6) is 1.75. The van der Waals surface area contributed by atoms with Crippen LogP contribution in [0.3, 0.4) is 0 Å². The van der Waals surface area contributed by atoms with Crippen molar-refractivity contribution in [1.82, 2.24) is 14.8 Å². The number of hydrogen-bond donors (Lipinski definition) is 1. The molecule has 0 bridgehead atoms. The van der Waals surface area contributed by atoms with E-state index in [-0.39, 0.29) is 0 Å². The van der Waals surface area contributed by atoms with Crippen molar-refractivity contribution >= 4 is 11.6 Å². The van der Waals surface area contributed by atoms with Crippen LogP contribution in [-0.4, -0.2) is 14.8 Å². The quantitative estimate of drug-likeness (QED) is 0.908. The van der Waals surface area contributed by atoms with Gasteiger partial charge in [-0.1, -0.05) is 11.6 Å². The van der Waals surface area contributed by atoms with Gasteiger partial charge in [0.1, 0.15) is 5.82 Å². The first kappa shape index (κ1) is 10.7. The molecular weight excluding hydrogens is 236 g/mol. The number of rotatable bonds is 3. The number of benzene rings is 1. The van der Waals surface area contributed by atoms with Gasteiger partial charge in [-0.05, 0) is 37.1 Å². The highest BCUT2D eigenvalue weighted by Gasteiger charge is 2.29. The van der Waals surface area contributed by atoms with E-state index in [1.54, 1.807) is 0 Å². The zero-order valence-corrected chi connectivity index (χ0v) is 10.1. The molecule has 0 unspecified atom stereocenters. The number of aromatic nitrogens is 3. The molecule has 0 radical (unpaired) electrons. The predicted octanol–water partition coefficient (Wildman–Crippen LogP) is 2.39. The molecule has 0 spiro atoms. The van der Waals surface area contributed by atoms with Gasteiger partial charge < -0.3 is 10.3 Å². The second-order valence-corrected chi connectivity index (χ2v) is 4.69. The predicted molar refractivity (Wildman–Crippen MR) is 66.6 cm³/mol. The number of halogens is 1. The maximum Gasteiger partial charge on any atom is 0.164 e. The molecule has 1 heterocycles. The van der Waals surface area contributed by atoms with Crippen molar-refractivity contribution in [3.05, 3.63) is 35.1 Å². The van der Waals surface area contributed by atoms with E-state index in [1.807, 2.05) is 24.3 Å². The molecule has 17 heavy (non-hydrogen) atoms. The molecule has 5 heteroatoms. The fraction of sp³-hybridized carbons (Fsp3) is 0.333. The monoisotopic (exact) mass is 248 g/mol. The first-order chi connectivity index (χ1) is 8.29. The Morgan fingerprint density at radius 1 is 1.24 bits per heavy atom. The van der Waals surface area contributed by atoms with Gasteiger partial charge in [0.2, 0.25) is 0 Å². The fourth-order valence-electron chi connectivity index (χ4n) is 1.98. The Labute approximate surface area is 104 Å². The van der Waals surface area contributed by atoms with E-state index in [0.29, 0.717) is 12.6 Å². The van der Waals surface area contributed by atoms with Crippen molar-refractivity contribution in [2.45, 2.75) is 25.4 Å². The average Bonchev–Trinajstić information content (AvgIpc) is 3.10. The van der Waals surface area contributed by atoms with Gasteiger partial charge in [-0.25, -0.2) is 0 Å². The topological polar surface area (TPSA) is 56.7 Å². The lowest BCUT2D eigenvalue weighted by atomic mass is 10.2. The summed E-state index contributed by atoms with van der Waals surface area (Å²) in [6, 6.07) is 8.18. The third-order valence-corrected chi connectivity index (χ3v) is 3.22. The second kappa shape index (κ2) is 4.13. The molecule has 3 rings (SSSR count). The van der Waals surface area contributed by atoms with Crippen LogP contribution < -0.4 is 5.73 Å². The van der Waals surface area contributed by atoms with E-state index in [0.717, 1.165) is 22.2 Å². The minimum Gasteiger partial charge on any atom is -0.324 e. The van der Waals surface area contributed by atoms with E-state index in [2.05, 4.69) is 14.8 Å². The van der Waals surface area contributed by atoms with Gasteiger partial charge in [0.05, 0.1) is 6.54 Å². The van der Waals surface area contributed by atoms with Crippen molar-refractivity contribution in [3.63, 3.8) is 0 Å². The SMILES string of the molecule is NCc1nnc(-c2ccc(Cl)cc2)n1C1CC1. The van der Waals surface area contributed by atoms with Crippen LogP contribution >= 0.6 is 11.6 Å². The summed E-state index contributed by atoms with van der Waals surface area (Å²) in [6.07, 6.45) is 2.37. The highest BCUT2D eigenvalue weighted by atomic mass is 35.5. The molecule has 0 saturated heterocycles. The smallest absolute Gasteiger partial charge is 0.164 e. The van der Waals surface area contributed by atoms with Gasteiger partial charge in [-0.3, -0.25) is 0 Å². The second-order valence-electron chi connectivity index (χ2n) is 4.25. The molecule has 0 aliphatic heterocycles. The average molecular weight is 249 g/mol. The summed E-state index contributed by atoms with van der Waals surface area (Å²) in [5, 5.41) is 9.11. The van der Waals surface area contributed by atoms with Crippen molar-refractivity contribution in [3.8, 4) is 11.4 Å². The molecule has 1 aliphatic carbocycles. The van der Waals surface area contributed by atoms with Crippen LogP contribution in [0, 0.1) is 0 Å². The molecule has 2 aromatic rings. The van der Waals surface area contributed by atoms with Gasteiger partial charge in [0.25, 0.3) is 0 Å². The first-order valence-corrected chi connectivity index (χ1v) is 6.07. The van der Waals surface area contributed by atoms with E-state index >= 15 is 0 Å². The summed E-state index contributed by atoms with van der Waals surface area (Å²) in [5.41, 5.74) is 6.72. The molecule has 0 amide bonds. The van der Waals surface area contributed by atoms with Gasteiger partial charge in [-0.2, -0.15) is 0 Å². The van der Waals surface area contributed by atoms with E-state index in [9.17, 15) is 0 Å². The Hall–Kier alpha value is -1.39. The summed E-state index contributed by atoms with van der Waals surface area (Å²) >= 11 is 5.88. The van der Waals surface area contributed by atoms with E-state index in [4.69, 9.17) is 17.3 Å². The van der Waals surface area contributed by atoms with Crippen LogP contribution in [0.4, 0.5) is 0 Å². The molecule has 1 aromatic heterocycles.